The van der Waals surface area contributed by atoms with Gasteiger partial charge in [-0.3, -0.25) is 9.78 Å². The third kappa shape index (κ3) is 4.77. The Bertz CT molecular complexity index is 1300. The summed E-state index contributed by atoms with van der Waals surface area (Å²) in [7, 11) is 1.65. The zero-order chi connectivity index (χ0) is 25.4. The molecule has 5 rings (SSSR count). The number of rotatable bonds is 6. The Morgan fingerprint density at radius 1 is 1.28 bits per heavy atom. The summed E-state index contributed by atoms with van der Waals surface area (Å²) in [5.74, 6) is 1.71. The molecule has 2 aliphatic carbocycles. The fourth-order valence-corrected chi connectivity index (χ4v) is 5.86. The number of nitrogens with zero attached hydrogens (tertiary/aromatic N) is 5. The van der Waals surface area contributed by atoms with Crippen LogP contribution in [0.2, 0.25) is 0 Å². The summed E-state index contributed by atoms with van der Waals surface area (Å²) >= 11 is 1.35. The quantitative estimate of drug-likeness (QED) is 0.430. The summed E-state index contributed by atoms with van der Waals surface area (Å²) in [4.78, 5) is 19.1. The van der Waals surface area contributed by atoms with Crippen LogP contribution in [0.3, 0.4) is 0 Å². The minimum atomic E-state index is -0.252. The van der Waals surface area contributed by atoms with Gasteiger partial charge in [-0.1, -0.05) is 0 Å². The van der Waals surface area contributed by atoms with E-state index in [2.05, 4.69) is 14.7 Å². The lowest BCUT2D eigenvalue weighted by Crippen LogP contribution is -2.39. The first-order valence-electron chi connectivity index (χ1n) is 12.2. The molecular formula is C25H31N7O3S. The highest BCUT2D eigenvalue weighted by Gasteiger charge is 2.29. The first kappa shape index (κ1) is 24.5. The molecule has 0 unspecified atom stereocenters. The minimum Gasteiger partial charge on any atom is -0.496 e. The van der Waals surface area contributed by atoms with Gasteiger partial charge in [0.15, 0.2) is 5.84 Å². The average molecular weight is 510 g/mol. The van der Waals surface area contributed by atoms with Crippen LogP contribution in [0.5, 0.6) is 5.75 Å². The van der Waals surface area contributed by atoms with Crippen molar-refractivity contribution in [2.24, 2.45) is 10.1 Å². The molecule has 4 N–H and O–H groups in total. The summed E-state index contributed by atoms with van der Waals surface area (Å²) < 4.78 is 9.95. The number of carbonyl (C=O) groups excluding carboxylic acids is 1. The first-order chi connectivity index (χ1) is 17.3. The number of aryl methyl sites for hydroxylation is 1. The maximum atomic E-state index is 12.9. The molecular weight excluding hydrogens is 478 g/mol. The van der Waals surface area contributed by atoms with Crippen molar-refractivity contribution in [3.8, 4) is 17.0 Å². The minimum absolute atomic E-state index is 0.0277. The highest BCUT2D eigenvalue weighted by Crippen LogP contribution is 2.38. The second kappa shape index (κ2) is 10.1. The Hall–Kier alpha value is -3.18. The van der Waals surface area contributed by atoms with Crippen LogP contribution in [0.4, 0.5) is 0 Å². The van der Waals surface area contributed by atoms with Gasteiger partial charge in [0.05, 0.1) is 31.0 Å². The van der Waals surface area contributed by atoms with E-state index in [4.69, 9.17) is 20.7 Å². The first-order valence-corrected chi connectivity index (χ1v) is 13.1. The number of aliphatic hydroxyl groups is 1. The van der Waals surface area contributed by atoms with Gasteiger partial charge in [-0.25, -0.2) is 0 Å². The number of hydrogen-bond acceptors (Lipinski definition) is 9. The lowest BCUT2D eigenvalue weighted by atomic mass is 9.93. The van der Waals surface area contributed by atoms with Gasteiger partial charge in [0.2, 0.25) is 5.91 Å². The van der Waals surface area contributed by atoms with Gasteiger partial charge >= 0.3 is 0 Å². The van der Waals surface area contributed by atoms with Gasteiger partial charge in [-0.05, 0) is 68.7 Å². The molecule has 0 aromatic carbocycles. The van der Waals surface area contributed by atoms with Crippen molar-refractivity contribution in [2.75, 3.05) is 7.11 Å². The van der Waals surface area contributed by atoms with Crippen molar-refractivity contribution in [3.05, 3.63) is 45.9 Å². The summed E-state index contributed by atoms with van der Waals surface area (Å²) in [5.41, 5.74) is 13.1. The third-order valence-corrected chi connectivity index (χ3v) is 7.74. The van der Waals surface area contributed by atoms with Crippen molar-refractivity contribution in [1.29, 1.82) is 0 Å². The van der Waals surface area contributed by atoms with Crippen LogP contribution < -0.4 is 15.8 Å². The molecule has 11 heteroatoms. The van der Waals surface area contributed by atoms with Crippen molar-refractivity contribution in [3.63, 3.8) is 0 Å². The second-order valence-corrected chi connectivity index (χ2v) is 10.3. The molecule has 0 bridgehead atoms. The standard InChI is InChI=1S/C25H31N7O3S/c1-13-10-27-20(14(2)24(13)35-3)11-32-29-19-8-15(9-21(34)28-16-4-6-17(33)7-5-16)18-12-36-31-25(26)23(30-32)22(18)19/h8,10,16-17,33H,4-7,9,11-12H2,1-3H3,(H2,26,31)(H,28,34). The SMILES string of the molecule is COc1c(C)cnc(Cn2nc3cc(CC(=O)NC4CCC(O)CC4)c4c-3c(n2)C(N)=NSC4)c1C. The monoisotopic (exact) mass is 509 g/mol. The molecule has 1 aromatic heterocycles. The predicted molar refractivity (Wildman–Crippen MR) is 138 cm³/mol. The summed E-state index contributed by atoms with van der Waals surface area (Å²) in [6.45, 7) is 4.27. The van der Waals surface area contributed by atoms with Crippen molar-refractivity contribution in [2.45, 2.75) is 70.4 Å². The second-order valence-electron chi connectivity index (χ2n) is 9.53. The molecule has 0 spiro atoms. The zero-order valence-electron chi connectivity index (χ0n) is 20.7. The number of methoxy groups -OCH3 is 1. The van der Waals surface area contributed by atoms with E-state index in [9.17, 15) is 9.90 Å². The average Bonchev–Trinajstić information content (AvgIpc) is 3.08. The number of nitrogens with two attached hydrogens (primary N) is 1. The number of nitrogens with one attached hydrogen (secondary N) is 1. The fraction of sp³-hybridized carbons (Fsp3) is 0.480. The van der Waals surface area contributed by atoms with E-state index < -0.39 is 0 Å². The van der Waals surface area contributed by atoms with Crippen LogP contribution >= 0.6 is 11.9 Å². The molecule has 36 heavy (non-hydrogen) atoms. The van der Waals surface area contributed by atoms with E-state index in [0.717, 1.165) is 70.6 Å². The highest BCUT2D eigenvalue weighted by atomic mass is 32.2. The molecule has 1 saturated carbocycles. The Morgan fingerprint density at radius 2 is 2.06 bits per heavy atom. The molecule has 1 fully saturated rings. The number of ether oxygens (including phenoxy) is 1. The molecule has 4 aliphatic rings. The lowest BCUT2D eigenvalue weighted by Gasteiger charge is -2.26. The van der Waals surface area contributed by atoms with Gasteiger partial charge in [-0.2, -0.15) is 19.4 Å². The van der Waals surface area contributed by atoms with E-state index in [1.165, 1.54) is 11.9 Å². The number of aliphatic hydroxyl groups excluding tert-OH is 1. The van der Waals surface area contributed by atoms with Crippen molar-refractivity contribution < 1.29 is 14.6 Å². The summed E-state index contributed by atoms with van der Waals surface area (Å²) in [5, 5.41) is 22.3. The Morgan fingerprint density at radius 3 is 2.81 bits per heavy atom. The summed E-state index contributed by atoms with van der Waals surface area (Å²) in [6, 6.07) is 2.07. The maximum absolute atomic E-state index is 12.9. The predicted octanol–water partition coefficient (Wildman–Crippen LogP) is 2.28. The Kier molecular flexibility index (Phi) is 6.85. The number of hydrogen-bond donors (Lipinski definition) is 3. The van der Waals surface area contributed by atoms with Crippen LogP contribution in [-0.4, -0.2) is 56.1 Å². The topological polar surface area (TPSA) is 141 Å². The molecule has 10 nitrogen and oxygen atoms in total. The van der Waals surface area contributed by atoms with Gasteiger partial charge in [0.25, 0.3) is 0 Å². The van der Waals surface area contributed by atoms with E-state index in [0.29, 0.717) is 23.8 Å². The van der Waals surface area contributed by atoms with Crippen molar-refractivity contribution >= 4 is 23.7 Å². The van der Waals surface area contributed by atoms with Crippen molar-refractivity contribution in [1.82, 2.24) is 25.3 Å². The van der Waals surface area contributed by atoms with Gasteiger partial charge in [0.1, 0.15) is 18.0 Å². The number of aromatic nitrogens is 4. The highest BCUT2D eigenvalue weighted by molar-refractivity contribution is 7.97. The van der Waals surface area contributed by atoms with E-state index in [1.54, 1.807) is 18.1 Å². The number of amides is 1. The third-order valence-electron chi connectivity index (χ3n) is 7.00. The molecule has 0 atom stereocenters. The van der Waals surface area contributed by atoms with Gasteiger partial charge in [0, 0.05) is 34.7 Å². The molecule has 0 radical (unpaired) electrons. The lowest BCUT2D eigenvalue weighted by molar-refractivity contribution is -0.121. The fourth-order valence-electron chi connectivity index (χ4n) is 5.11. The number of carbonyl (C=O) groups is 1. The van der Waals surface area contributed by atoms with Gasteiger partial charge < -0.3 is 20.9 Å². The molecule has 1 aromatic rings. The molecule has 2 aliphatic heterocycles. The molecule has 0 saturated heterocycles. The largest absolute Gasteiger partial charge is 0.496 e. The van der Waals surface area contributed by atoms with Crippen LogP contribution in [0, 0.1) is 13.8 Å². The Labute approximate surface area is 214 Å². The maximum Gasteiger partial charge on any atom is 0.224 e. The van der Waals surface area contributed by atoms with E-state index in [1.807, 2.05) is 19.9 Å². The molecule has 190 valence electrons. The van der Waals surface area contributed by atoms with Crippen LogP contribution in [0.25, 0.3) is 11.3 Å². The Balaban J connectivity index is 1.45. The number of pyridine rings is 1. The molecule has 1 amide bonds. The number of amidine groups is 1. The van der Waals surface area contributed by atoms with Gasteiger partial charge in [-0.15, -0.1) is 0 Å². The van der Waals surface area contributed by atoms with Crippen LogP contribution in [-0.2, 0) is 23.5 Å². The normalized spacial score (nSPS) is 19.6. The van der Waals surface area contributed by atoms with E-state index in [-0.39, 0.29) is 24.5 Å². The molecule has 3 heterocycles. The van der Waals surface area contributed by atoms with E-state index >= 15 is 0 Å². The van der Waals surface area contributed by atoms with Crippen LogP contribution in [0.15, 0.2) is 16.7 Å². The summed E-state index contributed by atoms with van der Waals surface area (Å²) in [6.07, 6.45) is 4.84. The van der Waals surface area contributed by atoms with Crippen LogP contribution in [0.1, 0.15) is 59.3 Å². The smallest absolute Gasteiger partial charge is 0.224 e. The zero-order valence-corrected chi connectivity index (χ0v) is 21.6.